The largest absolute Gasteiger partial charge is 0.352 e. The molecule has 0 aliphatic rings. The van der Waals surface area contributed by atoms with Crippen LogP contribution in [0, 0.1) is 27.7 Å². The summed E-state index contributed by atoms with van der Waals surface area (Å²) in [5.41, 5.74) is -1.72. The van der Waals surface area contributed by atoms with Crippen molar-refractivity contribution in [2.24, 2.45) is 5.92 Å². The zero-order chi connectivity index (χ0) is 15.3. The summed E-state index contributed by atoms with van der Waals surface area (Å²) in [6, 6.07) is 1.09. The van der Waals surface area contributed by atoms with Crippen molar-refractivity contribution in [3.8, 4) is 0 Å². The Hall–Kier alpha value is -1.57. The Balaban J connectivity index is 2.90. The van der Waals surface area contributed by atoms with Gasteiger partial charge in [0.15, 0.2) is 0 Å². The first-order chi connectivity index (χ1) is 9.36. The predicted octanol–water partition coefficient (Wildman–Crippen LogP) is 3.02. The monoisotopic (exact) mass is 350 g/mol. The third-order valence-corrected chi connectivity index (χ3v) is 3.13. The van der Waals surface area contributed by atoms with Gasteiger partial charge in [-0.15, -0.1) is 0 Å². The molecule has 0 fully saturated rings. The van der Waals surface area contributed by atoms with Crippen LogP contribution in [-0.4, -0.2) is 22.7 Å². The molecule has 1 unspecified atom stereocenters. The molecule has 1 N–H and O–H groups in total. The molecular formula is C12H13BrF2N2O3. The molecule has 110 valence electrons. The van der Waals surface area contributed by atoms with Gasteiger partial charge in [0.25, 0.3) is 5.91 Å². The molecule has 0 aliphatic carbocycles. The number of nitrogens with zero attached hydrogens (tertiary/aromatic N) is 1. The van der Waals surface area contributed by atoms with Gasteiger partial charge in [-0.05, 0) is 18.4 Å². The van der Waals surface area contributed by atoms with Crippen LogP contribution in [0.25, 0.3) is 0 Å². The topological polar surface area (TPSA) is 72.2 Å². The van der Waals surface area contributed by atoms with E-state index in [9.17, 15) is 23.7 Å². The van der Waals surface area contributed by atoms with Crippen LogP contribution < -0.4 is 5.32 Å². The van der Waals surface area contributed by atoms with E-state index in [-0.39, 0.29) is 12.5 Å². The van der Waals surface area contributed by atoms with Crippen LogP contribution in [0.2, 0.25) is 0 Å². The van der Waals surface area contributed by atoms with Crippen LogP contribution in [0.15, 0.2) is 12.1 Å². The van der Waals surface area contributed by atoms with Gasteiger partial charge >= 0.3 is 5.69 Å². The number of nitro benzene ring substituents is 1. The lowest BCUT2D eigenvalue weighted by Crippen LogP contribution is -2.29. The van der Waals surface area contributed by atoms with Gasteiger partial charge in [0.1, 0.15) is 5.82 Å². The van der Waals surface area contributed by atoms with Gasteiger partial charge < -0.3 is 5.32 Å². The number of hydrogen-bond donors (Lipinski definition) is 1. The fourth-order valence-electron chi connectivity index (χ4n) is 1.52. The first kappa shape index (κ1) is 16.5. The van der Waals surface area contributed by atoms with Crippen LogP contribution in [0.5, 0.6) is 0 Å². The van der Waals surface area contributed by atoms with Gasteiger partial charge in [-0.2, -0.15) is 4.39 Å². The highest BCUT2D eigenvalue weighted by Gasteiger charge is 2.24. The highest BCUT2D eigenvalue weighted by molar-refractivity contribution is 9.09. The van der Waals surface area contributed by atoms with Gasteiger partial charge in [-0.3, -0.25) is 14.9 Å². The van der Waals surface area contributed by atoms with Crippen LogP contribution in [0.1, 0.15) is 23.7 Å². The van der Waals surface area contributed by atoms with Crippen molar-refractivity contribution >= 4 is 27.5 Å². The summed E-state index contributed by atoms with van der Waals surface area (Å²) in [6.45, 7) is 2.15. The van der Waals surface area contributed by atoms with Crippen LogP contribution in [0.4, 0.5) is 14.5 Å². The van der Waals surface area contributed by atoms with Crippen molar-refractivity contribution in [3.63, 3.8) is 0 Å². The number of amides is 1. The lowest BCUT2D eigenvalue weighted by Gasteiger charge is -2.11. The molecule has 0 heterocycles. The zero-order valence-corrected chi connectivity index (χ0v) is 12.2. The lowest BCUT2D eigenvalue weighted by atomic mass is 10.1. The third-order valence-electron chi connectivity index (χ3n) is 2.67. The van der Waals surface area contributed by atoms with E-state index in [1.54, 1.807) is 0 Å². The molecule has 0 radical (unpaired) electrons. The molecule has 1 aromatic rings. The van der Waals surface area contributed by atoms with E-state index in [2.05, 4.69) is 21.2 Å². The van der Waals surface area contributed by atoms with E-state index in [4.69, 9.17) is 0 Å². The van der Waals surface area contributed by atoms with Crippen molar-refractivity contribution in [1.82, 2.24) is 5.32 Å². The van der Waals surface area contributed by atoms with Gasteiger partial charge in [-0.25, -0.2) is 4.39 Å². The van der Waals surface area contributed by atoms with Crippen molar-refractivity contribution in [2.45, 2.75) is 13.3 Å². The number of carbonyl (C=O) groups is 1. The first-order valence-corrected chi connectivity index (χ1v) is 6.96. The molecule has 0 saturated heterocycles. The molecule has 5 nitrogen and oxygen atoms in total. The van der Waals surface area contributed by atoms with E-state index in [1.807, 2.05) is 6.92 Å². The van der Waals surface area contributed by atoms with E-state index >= 15 is 0 Å². The molecule has 1 rings (SSSR count). The maximum absolute atomic E-state index is 13.7. The minimum absolute atomic E-state index is 0.143. The third kappa shape index (κ3) is 4.22. The second-order valence-electron chi connectivity index (χ2n) is 4.34. The standard InChI is InChI=1S/C12H13BrF2N2O3/c1-7(2-3-13)6-16-12(18)9-4-8(14)5-10(11(9)15)17(19)20/h4-5,7H,2-3,6H2,1H3,(H,16,18). The summed E-state index contributed by atoms with van der Waals surface area (Å²) in [5, 5.41) is 13.7. The second-order valence-corrected chi connectivity index (χ2v) is 5.13. The number of nitro groups is 1. The Bertz CT molecular complexity index is 526. The summed E-state index contributed by atoms with van der Waals surface area (Å²) < 4.78 is 26.9. The normalized spacial score (nSPS) is 12.0. The molecule has 0 saturated carbocycles. The molecule has 1 aromatic carbocycles. The van der Waals surface area contributed by atoms with Crippen LogP contribution in [-0.2, 0) is 0 Å². The maximum Gasteiger partial charge on any atom is 0.308 e. The summed E-state index contributed by atoms with van der Waals surface area (Å²) in [6.07, 6.45) is 0.798. The fourth-order valence-corrected chi connectivity index (χ4v) is 2.30. The molecule has 0 bridgehead atoms. The Morgan fingerprint density at radius 2 is 2.15 bits per heavy atom. The fraction of sp³-hybridized carbons (Fsp3) is 0.417. The number of alkyl halides is 1. The molecule has 0 spiro atoms. The van der Waals surface area contributed by atoms with E-state index in [0.717, 1.165) is 11.8 Å². The summed E-state index contributed by atoms with van der Waals surface area (Å²) >= 11 is 3.25. The average Bonchev–Trinajstić information content (AvgIpc) is 2.38. The van der Waals surface area contributed by atoms with Crippen molar-refractivity contribution in [3.05, 3.63) is 39.4 Å². The van der Waals surface area contributed by atoms with Crippen LogP contribution in [0.3, 0.4) is 0 Å². The Kier molecular flexibility index (Phi) is 6.00. The minimum Gasteiger partial charge on any atom is -0.352 e. The maximum atomic E-state index is 13.7. The van der Waals surface area contributed by atoms with Crippen molar-refractivity contribution in [1.29, 1.82) is 0 Å². The molecule has 20 heavy (non-hydrogen) atoms. The summed E-state index contributed by atoms with van der Waals surface area (Å²) in [7, 11) is 0. The number of nitrogens with one attached hydrogen (secondary N) is 1. The highest BCUT2D eigenvalue weighted by Crippen LogP contribution is 2.22. The SMILES string of the molecule is CC(CCBr)CNC(=O)c1cc(F)cc([N+](=O)[O-])c1F. The number of benzene rings is 1. The zero-order valence-electron chi connectivity index (χ0n) is 10.7. The summed E-state index contributed by atoms with van der Waals surface area (Å²) in [5.74, 6) is -3.09. The average molecular weight is 351 g/mol. The van der Waals surface area contributed by atoms with Gasteiger partial charge in [0, 0.05) is 11.9 Å². The summed E-state index contributed by atoms with van der Waals surface area (Å²) in [4.78, 5) is 21.2. The van der Waals surface area contributed by atoms with E-state index in [1.165, 1.54) is 0 Å². The molecule has 1 atom stereocenters. The Morgan fingerprint density at radius 3 is 2.70 bits per heavy atom. The molecule has 8 heteroatoms. The molecular weight excluding hydrogens is 338 g/mol. The van der Waals surface area contributed by atoms with E-state index < -0.39 is 33.7 Å². The van der Waals surface area contributed by atoms with E-state index in [0.29, 0.717) is 12.1 Å². The smallest absolute Gasteiger partial charge is 0.308 e. The predicted molar refractivity (Wildman–Crippen MR) is 72.9 cm³/mol. The Labute approximate surface area is 122 Å². The lowest BCUT2D eigenvalue weighted by molar-refractivity contribution is -0.387. The van der Waals surface area contributed by atoms with Gasteiger partial charge in [0.2, 0.25) is 5.82 Å². The minimum atomic E-state index is -1.33. The number of hydrogen-bond acceptors (Lipinski definition) is 3. The molecule has 0 aromatic heterocycles. The molecule has 0 aliphatic heterocycles. The number of halogens is 3. The quantitative estimate of drug-likeness (QED) is 0.487. The second kappa shape index (κ2) is 7.28. The Morgan fingerprint density at radius 1 is 1.50 bits per heavy atom. The molecule has 1 amide bonds. The van der Waals surface area contributed by atoms with Gasteiger partial charge in [0.05, 0.1) is 16.6 Å². The van der Waals surface area contributed by atoms with Crippen LogP contribution >= 0.6 is 15.9 Å². The van der Waals surface area contributed by atoms with Crippen molar-refractivity contribution < 1.29 is 18.5 Å². The number of rotatable bonds is 6. The highest BCUT2D eigenvalue weighted by atomic mass is 79.9. The number of carbonyl (C=O) groups excluding carboxylic acids is 1. The van der Waals surface area contributed by atoms with Gasteiger partial charge in [-0.1, -0.05) is 22.9 Å². The first-order valence-electron chi connectivity index (χ1n) is 5.84. The van der Waals surface area contributed by atoms with Crippen molar-refractivity contribution in [2.75, 3.05) is 11.9 Å².